The van der Waals surface area contributed by atoms with Crippen molar-refractivity contribution in [3.05, 3.63) is 0 Å². The van der Waals surface area contributed by atoms with E-state index in [9.17, 15) is 4.79 Å². The Hall–Kier alpha value is -1.26. The lowest BCUT2D eigenvalue weighted by molar-refractivity contribution is -0.123. The standard InChI is InChI=1S/C12H21N3O2/c1-2-4-9(11(13)15-17)14-12(16)10-7-5-3-6-8(7)10/h7-10,17H,2-6H2,1H3,(H2,13,15)(H,14,16). The predicted molar refractivity (Wildman–Crippen MR) is 64.6 cm³/mol. The molecule has 0 heterocycles. The molecule has 5 nitrogen and oxygen atoms in total. The normalized spacial score (nSPS) is 33.0. The minimum Gasteiger partial charge on any atom is -0.409 e. The molecule has 4 N–H and O–H groups in total. The Kier molecular flexibility index (Phi) is 3.54. The maximum absolute atomic E-state index is 12.0. The van der Waals surface area contributed by atoms with Gasteiger partial charge in [0.1, 0.15) is 0 Å². The Balaban J connectivity index is 1.88. The SMILES string of the molecule is CCCC(NC(=O)C1C2CCCC21)C(N)=NO. The van der Waals surface area contributed by atoms with Crippen molar-refractivity contribution < 1.29 is 10.0 Å². The van der Waals surface area contributed by atoms with Gasteiger partial charge in [-0.1, -0.05) is 24.9 Å². The van der Waals surface area contributed by atoms with E-state index in [0.717, 1.165) is 6.42 Å². The Morgan fingerprint density at radius 1 is 1.53 bits per heavy atom. The molecule has 5 heteroatoms. The van der Waals surface area contributed by atoms with E-state index in [4.69, 9.17) is 10.9 Å². The lowest BCUT2D eigenvalue weighted by atomic mass is 10.1. The Morgan fingerprint density at radius 2 is 2.18 bits per heavy atom. The van der Waals surface area contributed by atoms with Crippen molar-refractivity contribution in [1.29, 1.82) is 0 Å². The summed E-state index contributed by atoms with van der Waals surface area (Å²) in [5, 5.41) is 14.6. The van der Waals surface area contributed by atoms with E-state index in [1.807, 2.05) is 6.92 Å². The van der Waals surface area contributed by atoms with Crippen molar-refractivity contribution in [3.63, 3.8) is 0 Å². The minimum atomic E-state index is -0.321. The lowest BCUT2D eigenvalue weighted by Gasteiger charge is -2.17. The van der Waals surface area contributed by atoms with Gasteiger partial charge in [-0.05, 0) is 31.1 Å². The van der Waals surface area contributed by atoms with Gasteiger partial charge in [0.05, 0.1) is 6.04 Å². The average Bonchev–Trinajstić information content (AvgIpc) is 2.82. The smallest absolute Gasteiger partial charge is 0.224 e. The van der Waals surface area contributed by atoms with Crippen LogP contribution in [0, 0.1) is 17.8 Å². The van der Waals surface area contributed by atoms with E-state index in [1.54, 1.807) is 0 Å². The molecule has 0 aromatic heterocycles. The third-order valence-electron chi connectivity index (χ3n) is 4.08. The molecule has 2 fully saturated rings. The van der Waals surface area contributed by atoms with Crippen LogP contribution in [0.5, 0.6) is 0 Å². The third-order valence-corrected chi connectivity index (χ3v) is 4.08. The molecule has 2 aliphatic carbocycles. The van der Waals surface area contributed by atoms with Gasteiger partial charge in [-0.15, -0.1) is 0 Å². The number of fused-ring (bicyclic) bond motifs is 1. The Morgan fingerprint density at radius 3 is 2.71 bits per heavy atom. The molecule has 0 aromatic carbocycles. The van der Waals surface area contributed by atoms with Crippen molar-refractivity contribution in [2.45, 2.75) is 45.1 Å². The summed E-state index contributed by atoms with van der Waals surface area (Å²) in [5.41, 5.74) is 5.57. The van der Waals surface area contributed by atoms with E-state index < -0.39 is 0 Å². The monoisotopic (exact) mass is 239 g/mol. The zero-order valence-corrected chi connectivity index (χ0v) is 10.2. The maximum atomic E-state index is 12.0. The molecule has 1 amide bonds. The van der Waals surface area contributed by atoms with Gasteiger partial charge < -0.3 is 16.3 Å². The first-order valence-corrected chi connectivity index (χ1v) is 6.46. The fraction of sp³-hybridized carbons (Fsp3) is 0.833. The predicted octanol–water partition coefficient (Wildman–Crippen LogP) is 1.06. The van der Waals surface area contributed by atoms with E-state index in [1.165, 1.54) is 19.3 Å². The van der Waals surface area contributed by atoms with Gasteiger partial charge >= 0.3 is 0 Å². The Labute approximate surface area is 101 Å². The third kappa shape index (κ3) is 2.37. The van der Waals surface area contributed by atoms with Gasteiger partial charge in [-0.2, -0.15) is 0 Å². The number of nitrogens with one attached hydrogen (secondary N) is 1. The summed E-state index contributed by atoms with van der Waals surface area (Å²) in [7, 11) is 0. The van der Waals surface area contributed by atoms with Crippen molar-refractivity contribution in [1.82, 2.24) is 5.32 Å². The fourth-order valence-corrected chi connectivity index (χ4v) is 3.13. The van der Waals surface area contributed by atoms with E-state index in [-0.39, 0.29) is 23.7 Å². The highest BCUT2D eigenvalue weighted by Gasteiger charge is 2.56. The van der Waals surface area contributed by atoms with Crippen LogP contribution in [0.25, 0.3) is 0 Å². The summed E-state index contributed by atoms with van der Waals surface area (Å²) < 4.78 is 0. The van der Waals surface area contributed by atoms with Crippen LogP contribution in [0.3, 0.4) is 0 Å². The van der Waals surface area contributed by atoms with Crippen molar-refractivity contribution in [2.24, 2.45) is 28.6 Å². The summed E-state index contributed by atoms with van der Waals surface area (Å²) in [4.78, 5) is 12.0. The molecule has 2 rings (SSSR count). The van der Waals surface area contributed by atoms with Gasteiger partial charge in [0.2, 0.25) is 5.91 Å². The molecular formula is C12H21N3O2. The summed E-state index contributed by atoms with van der Waals surface area (Å²) >= 11 is 0. The largest absolute Gasteiger partial charge is 0.409 e. The van der Waals surface area contributed by atoms with Crippen LogP contribution in [-0.4, -0.2) is 23.0 Å². The highest BCUT2D eigenvalue weighted by molar-refractivity contribution is 5.91. The number of carbonyl (C=O) groups is 1. The van der Waals surface area contributed by atoms with Crippen LogP contribution in [-0.2, 0) is 4.79 Å². The number of nitrogens with zero attached hydrogens (tertiary/aromatic N) is 1. The molecule has 0 radical (unpaired) electrons. The van der Waals surface area contributed by atoms with Gasteiger partial charge in [0, 0.05) is 5.92 Å². The average molecular weight is 239 g/mol. The molecule has 3 unspecified atom stereocenters. The van der Waals surface area contributed by atoms with Crippen LogP contribution in [0.15, 0.2) is 5.16 Å². The molecule has 0 saturated heterocycles. The number of carbonyl (C=O) groups excluding carboxylic acids is 1. The highest BCUT2D eigenvalue weighted by atomic mass is 16.4. The van der Waals surface area contributed by atoms with Gasteiger partial charge in [0.25, 0.3) is 0 Å². The number of nitrogens with two attached hydrogens (primary N) is 1. The first-order valence-electron chi connectivity index (χ1n) is 6.46. The second-order valence-electron chi connectivity index (χ2n) is 5.16. The molecule has 96 valence electrons. The van der Waals surface area contributed by atoms with Gasteiger partial charge in [0.15, 0.2) is 5.84 Å². The number of hydrogen-bond acceptors (Lipinski definition) is 3. The highest BCUT2D eigenvalue weighted by Crippen LogP contribution is 2.57. The van der Waals surface area contributed by atoms with E-state index in [0.29, 0.717) is 18.3 Å². The molecule has 0 aromatic rings. The summed E-state index contributed by atoms with van der Waals surface area (Å²) in [5.74, 6) is 1.58. The quantitative estimate of drug-likeness (QED) is 0.290. The first-order chi connectivity index (χ1) is 8.19. The van der Waals surface area contributed by atoms with Crippen LogP contribution >= 0.6 is 0 Å². The summed E-state index contributed by atoms with van der Waals surface area (Å²) in [6, 6.07) is -0.321. The number of amidine groups is 1. The number of oxime groups is 1. The van der Waals surface area contributed by atoms with E-state index >= 15 is 0 Å². The molecule has 0 spiro atoms. The molecule has 0 aliphatic heterocycles. The number of rotatable bonds is 5. The lowest BCUT2D eigenvalue weighted by Crippen LogP contribution is -2.45. The zero-order valence-electron chi connectivity index (χ0n) is 10.2. The van der Waals surface area contributed by atoms with Crippen LogP contribution in [0.4, 0.5) is 0 Å². The molecule has 0 bridgehead atoms. The first kappa shape index (κ1) is 12.2. The molecule has 3 atom stereocenters. The topological polar surface area (TPSA) is 87.7 Å². The van der Waals surface area contributed by atoms with Crippen LogP contribution in [0.2, 0.25) is 0 Å². The van der Waals surface area contributed by atoms with Crippen LogP contribution in [0.1, 0.15) is 39.0 Å². The maximum Gasteiger partial charge on any atom is 0.224 e. The number of hydrogen-bond donors (Lipinski definition) is 3. The minimum absolute atomic E-state index is 0.0877. The van der Waals surface area contributed by atoms with Crippen molar-refractivity contribution >= 4 is 11.7 Å². The van der Waals surface area contributed by atoms with Crippen molar-refractivity contribution in [3.8, 4) is 0 Å². The molecule has 17 heavy (non-hydrogen) atoms. The number of amides is 1. The summed E-state index contributed by atoms with van der Waals surface area (Å²) in [6.07, 6.45) is 5.23. The Bertz CT molecular complexity index is 320. The van der Waals surface area contributed by atoms with E-state index in [2.05, 4.69) is 10.5 Å². The molecular weight excluding hydrogens is 218 g/mol. The summed E-state index contributed by atoms with van der Waals surface area (Å²) in [6.45, 7) is 2.01. The van der Waals surface area contributed by atoms with Crippen LogP contribution < -0.4 is 11.1 Å². The zero-order chi connectivity index (χ0) is 12.4. The molecule has 2 aliphatic rings. The molecule has 2 saturated carbocycles. The second-order valence-corrected chi connectivity index (χ2v) is 5.16. The van der Waals surface area contributed by atoms with Gasteiger partial charge in [-0.25, -0.2) is 0 Å². The van der Waals surface area contributed by atoms with Crippen molar-refractivity contribution in [2.75, 3.05) is 0 Å². The van der Waals surface area contributed by atoms with Gasteiger partial charge in [-0.3, -0.25) is 4.79 Å². The fourth-order valence-electron chi connectivity index (χ4n) is 3.13. The second kappa shape index (κ2) is 4.94.